The molecule has 1 heterocycles. The van der Waals surface area contributed by atoms with Crippen LogP contribution in [0.1, 0.15) is 20.9 Å². The molecule has 0 saturated heterocycles. The summed E-state index contributed by atoms with van der Waals surface area (Å²) in [5.41, 5.74) is 1.70. The lowest BCUT2D eigenvalue weighted by atomic mass is 10.2. The van der Waals surface area contributed by atoms with Crippen LogP contribution in [0.5, 0.6) is 5.75 Å². The van der Waals surface area contributed by atoms with Gasteiger partial charge in [-0.05, 0) is 13.0 Å². The van der Waals surface area contributed by atoms with Gasteiger partial charge in [0.05, 0.1) is 19.9 Å². The molecule has 0 aliphatic heterocycles. The molecule has 0 atom stereocenters. The van der Waals surface area contributed by atoms with Gasteiger partial charge >= 0.3 is 5.97 Å². The Balaban J connectivity index is 2.10. The molecule has 0 radical (unpaired) electrons. The topological polar surface area (TPSA) is 60.5 Å². The van der Waals surface area contributed by atoms with Crippen LogP contribution in [0.2, 0.25) is 0 Å². The Morgan fingerprint density at radius 2 is 2.10 bits per heavy atom. The molecule has 0 spiro atoms. The van der Waals surface area contributed by atoms with Gasteiger partial charge in [-0.25, -0.2) is 9.78 Å². The molecule has 0 aliphatic rings. The minimum Gasteiger partial charge on any atom is -0.496 e. The fourth-order valence-electron chi connectivity index (χ4n) is 1.77. The molecular weight excluding hydrogens is 276 g/mol. The van der Waals surface area contributed by atoms with E-state index < -0.39 is 0 Å². The summed E-state index contributed by atoms with van der Waals surface area (Å²) in [5.74, 6) is 0.465. The SMILES string of the molecule is COC(=O)c1sc(NCc2ccccc2OC)nc1C. The number of nitrogens with zero attached hydrogens (tertiary/aromatic N) is 1. The fraction of sp³-hybridized carbons (Fsp3) is 0.286. The summed E-state index contributed by atoms with van der Waals surface area (Å²) in [7, 11) is 3.01. The highest BCUT2D eigenvalue weighted by Crippen LogP contribution is 2.25. The first-order valence-corrected chi connectivity index (χ1v) is 6.89. The highest BCUT2D eigenvalue weighted by Gasteiger charge is 2.15. The van der Waals surface area contributed by atoms with Crippen molar-refractivity contribution < 1.29 is 14.3 Å². The van der Waals surface area contributed by atoms with Crippen molar-refractivity contribution in [1.29, 1.82) is 0 Å². The predicted octanol–water partition coefficient (Wildman–Crippen LogP) is 2.86. The minimum atomic E-state index is -0.356. The van der Waals surface area contributed by atoms with E-state index >= 15 is 0 Å². The highest BCUT2D eigenvalue weighted by atomic mass is 32.1. The maximum Gasteiger partial charge on any atom is 0.350 e. The van der Waals surface area contributed by atoms with E-state index in [1.165, 1.54) is 18.4 Å². The van der Waals surface area contributed by atoms with Gasteiger partial charge in [0.25, 0.3) is 0 Å². The molecule has 0 unspecified atom stereocenters. The normalized spacial score (nSPS) is 10.2. The summed E-state index contributed by atoms with van der Waals surface area (Å²) in [6.07, 6.45) is 0. The van der Waals surface area contributed by atoms with Crippen molar-refractivity contribution in [2.24, 2.45) is 0 Å². The van der Waals surface area contributed by atoms with E-state index in [1.807, 2.05) is 24.3 Å². The summed E-state index contributed by atoms with van der Waals surface area (Å²) in [6.45, 7) is 2.37. The fourth-order valence-corrected chi connectivity index (χ4v) is 2.65. The molecule has 20 heavy (non-hydrogen) atoms. The number of esters is 1. The van der Waals surface area contributed by atoms with Gasteiger partial charge in [-0.2, -0.15) is 0 Å². The molecule has 0 fully saturated rings. The molecule has 2 rings (SSSR count). The smallest absolute Gasteiger partial charge is 0.350 e. The number of aromatic nitrogens is 1. The van der Waals surface area contributed by atoms with E-state index in [0.29, 0.717) is 22.2 Å². The van der Waals surface area contributed by atoms with E-state index in [4.69, 9.17) is 9.47 Å². The number of para-hydroxylation sites is 1. The zero-order valence-corrected chi connectivity index (χ0v) is 12.4. The van der Waals surface area contributed by atoms with E-state index in [9.17, 15) is 4.79 Å². The Morgan fingerprint density at radius 1 is 1.35 bits per heavy atom. The van der Waals surface area contributed by atoms with Gasteiger partial charge in [0, 0.05) is 12.1 Å². The number of ether oxygens (including phenoxy) is 2. The quantitative estimate of drug-likeness (QED) is 0.859. The number of benzene rings is 1. The van der Waals surface area contributed by atoms with Gasteiger partial charge in [0.1, 0.15) is 10.6 Å². The number of carbonyl (C=O) groups is 1. The average Bonchev–Trinajstić information content (AvgIpc) is 2.85. The highest BCUT2D eigenvalue weighted by molar-refractivity contribution is 7.17. The number of rotatable bonds is 5. The molecule has 0 bridgehead atoms. The van der Waals surface area contributed by atoms with E-state index in [1.54, 1.807) is 14.0 Å². The first-order valence-electron chi connectivity index (χ1n) is 6.07. The first-order chi connectivity index (χ1) is 9.65. The van der Waals surface area contributed by atoms with Crippen LogP contribution in [0.3, 0.4) is 0 Å². The van der Waals surface area contributed by atoms with Crippen molar-refractivity contribution in [2.45, 2.75) is 13.5 Å². The number of anilines is 1. The van der Waals surface area contributed by atoms with Crippen molar-refractivity contribution in [1.82, 2.24) is 4.98 Å². The number of carbonyl (C=O) groups excluding carboxylic acids is 1. The van der Waals surface area contributed by atoms with Crippen molar-refractivity contribution >= 4 is 22.4 Å². The molecule has 1 N–H and O–H groups in total. The lowest BCUT2D eigenvalue weighted by molar-refractivity contribution is 0.0605. The second-order valence-electron chi connectivity index (χ2n) is 4.09. The molecule has 106 valence electrons. The zero-order chi connectivity index (χ0) is 14.5. The molecule has 1 aromatic heterocycles. The van der Waals surface area contributed by atoms with Crippen LogP contribution < -0.4 is 10.1 Å². The van der Waals surface area contributed by atoms with Crippen LogP contribution in [0.25, 0.3) is 0 Å². The van der Waals surface area contributed by atoms with Crippen molar-refractivity contribution in [3.63, 3.8) is 0 Å². The summed E-state index contributed by atoms with van der Waals surface area (Å²) in [6, 6.07) is 7.76. The van der Waals surface area contributed by atoms with Gasteiger partial charge in [-0.1, -0.05) is 29.5 Å². The Bertz CT molecular complexity index is 610. The lowest BCUT2D eigenvalue weighted by Crippen LogP contribution is -2.01. The van der Waals surface area contributed by atoms with E-state index in [-0.39, 0.29) is 5.97 Å². The Labute approximate surface area is 121 Å². The molecule has 0 aliphatic carbocycles. The van der Waals surface area contributed by atoms with Crippen molar-refractivity contribution in [3.05, 3.63) is 40.4 Å². The third-order valence-corrected chi connectivity index (χ3v) is 3.89. The molecular formula is C14H16N2O3S. The van der Waals surface area contributed by atoms with Gasteiger partial charge in [0.15, 0.2) is 5.13 Å². The standard InChI is InChI=1S/C14H16N2O3S/c1-9-12(13(17)19-3)20-14(16-9)15-8-10-6-4-5-7-11(10)18-2/h4-7H,8H2,1-3H3,(H,15,16). The predicted molar refractivity (Wildman–Crippen MR) is 78.5 cm³/mol. The maximum absolute atomic E-state index is 11.5. The summed E-state index contributed by atoms with van der Waals surface area (Å²) < 4.78 is 10.0. The molecule has 6 heteroatoms. The third kappa shape index (κ3) is 3.08. The van der Waals surface area contributed by atoms with Crippen LogP contribution in [0, 0.1) is 6.92 Å². The largest absolute Gasteiger partial charge is 0.496 e. The van der Waals surface area contributed by atoms with Gasteiger partial charge in [-0.15, -0.1) is 0 Å². The minimum absolute atomic E-state index is 0.356. The Kier molecular flexibility index (Phi) is 4.57. The number of nitrogens with one attached hydrogen (secondary N) is 1. The van der Waals surface area contributed by atoms with Gasteiger partial charge in [-0.3, -0.25) is 0 Å². The number of hydrogen-bond acceptors (Lipinski definition) is 6. The Morgan fingerprint density at radius 3 is 2.80 bits per heavy atom. The third-order valence-electron chi connectivity index (χ3n) is 2.79. The monoisotopic (exact) mass is 292 g/mol. The average molecular weight is 292 g/mol. The summed E-state index contributed by atoms with van der Waals surface area (Å²) in [4.78, 5) is 16.4. The molecule has 1 aromatic carbocycles. The van der Waals surface area contributed by atoms with Crippen LogP contribution in [0.15, 0.2) is 24.3 Å². The Hall–Kier alpha value is -2.08. The second kappa shape index (κ2) is 6.38. The van der Waals surface area contributed by atoms with E-state index in [0.717, 1.165) is 11.3 Å². The van der Waals surface area contributed by atoms with Gasteiger partial charge < -0.3 is 14.8 Å². The van der Waals surface area contributed by atoms with Crippen LogP contribution in [0.4, 0.5) is 5.13 Å². The van der Waals surface area contributed by atoms with Crippen molar-refractivity contribution in [3.8, 4) is 5.75 Å². The molecule has 5 nitrogen and oxygen atoms in total. The summed E-state index contributed by atoms with van der Waals surface area (Å²) >= 11 is 1.29. The summed E-state index contributed by atoms with van der Waals surface area (Å²) in [5, 5.41) is 3.88. The zero-order valence-electron chi connectivity index (χ0n) is 11.6. The number of aryl methyl sites for hydroxylation is 1. The van der Waals surface area contributed by atoms with Crippen LogP contribution in [-0.2, 0) is 11.3 Å². The first kappa shape index (κ1) is 14.3. The number of thiazole rings is 1. The van der Waals surface area contributed by atoms with Crippen LogP contribution >= 0.6 is 11.3 Å². The van der Waals surface area contributed by atoms with Gasteiger partial charge in [0.2, 0.25) is 0 Å². The molecule has 0 saturated carbocycles. The maximum atomic E-state index is 11.5. The van der Waals surface area contributed by atoms with Crippen LogP contribution in [-0.4, -0.2) is 25.2 Å². The number of hydrogen-bond donors (Lipinski definition) is 1. The second-order valence-corrected chi connectivity index (χ2v) is 5.09. The van der Waals surface area contributed by atoms with Crippen molar-refractivity contribution in [2.75, 3.05) is 19.5 Å². The lowest BCUT2D eigenvalue weighted by Gasteiger charge is -2.08. The molecule has 2 aromatic rings. The van der Waals surface area contributed by atoms with E-state index in [2.05, 4.69) is 10.3 Å². The number of methoxy groups -OCH3 is 2. The molecule has 0 amide bonds.